The van der Waals surface area contributed by atoms with Crippen LogP contribution in [0.15, 0.2) is 35.2 Å². The highest BCUT2D eigenvalue weighted by molar-refractivity contribution is 7.89. The summed E-state index contributed by atoms with van der Waals surface area (Å²) in [6.45, 7) is 7.81. The standard InChI is InChI=1S/C19H25N5O3S/c1-4-20-18-13-19(22-15(3)21-18)23-8-10-24(11-9-23)28(26,27)17-7-5-6-16(12-17)14(2)25/h5-7,12-13H,4,8-11H2,1-3H3,(H,20,21,22). The normalized spacial score (nSPS) is 15.5. The van der Waals surface area contributed by atoms with Crippen molar-refractivity contribution in [2.75, 3.05) is 42.9 Å². The molecule has 0 saturated carbocycles. The van der Waals surface area contributed by atoms with Crippen molar-refractivity contribution in [3.8, 4) is 0 Å². The predicted octanol–water partition coefficient (Wildman–Crippen LogP) is 1.93. The summed E-state index contributed by atoms with van der Waals surface area (Å²) in [6.07, 6.45) is 0. The number of nitrogens with zero attached hydrogens (tertiary/aromatic N) is 4. The molecule has 1 N–H and O–H groups in total. The second kappa shape index (κ2) is 8.24. The monoisotopic (exact) mass is 403 g/mol. The van der Waals surface area contributed by atoms with Gasteiger partial charge in [0, 0.05) is 44.4 Å². The summed E-state index contributed by atoms with van der Waals surface area (Å²) in [5.74, 6) is 2.07. The lowest BCUT2D eigenvalue weighted by molar-refractivity contribution is 0.101. The summed E-state index contributed by atoms with van der Waals surface area (Å²) in [4.78, 5) is 22.6. The van der Waals surface area contributed by atoms with Crippen molar-refractivity contribution in [1.82, 2.24) is 14.3 Å². The second-order valence-corrected chi connectivity index (χ2v) is 8.60. The largest absolute Gasteiger partial charge is 0.370 e. The lowest BCUT2D eigenvalue weighted by atomic mass is 10.2. The van der Waals surface area contributed by atoms with Crippen LogP contribution in [0.5, 0.6) is 0 Å². The molecule has 9 heteroatoms. The van der Waals surface area contributed by atoms with E-state index in [0.717, 1.165) is 18.2 Å². The Bertz CT molecular complexity index is 969. The number of nitrogens with one attached hydrogen (secondary N) is 1. The van der Waals surface area contributed by atoms with Gasteiger partial charge in [-0.05, 0) is 32.9 Å². The first kappa shape index (κ1) is 20.2. The van der Waals surface area contributed by atoms with Crippen LogP contribution in [0.1, 0.15) is 30.0 Å². The molecule has 8 nitrogen and oxygen atoms in total. The summed E-state index contributed by atoms with van der Waals surface area (Å²) in [7, 11) is -3.64. The topological polar surface area (TPSA) is 95.5 Å². The highest BCUT2D eigenvalue weighted by Crippen LogP contribution is 2.22. The fourth-order valence-corrected chi connectivity index (χ4v) is 4.64. The van der Waals surface area contributed by atoms with Gasteiger partial charge in [-0.25, -0.2) is 18.4 Å². The molecule has 150 valence electrons. The van der Waals surface area contributed by atoms with Gasteiger partial charge < -0.3 is 10.2 Å². The van der Waals surface area contributed by atoms with Gasteiger partial charge in [-0.1, -0.05) is 12.1 Å². The van der Waals surface area contributed by atoms with Gasteiger partial charge in [-0.2, -0.15) is 4.31 Å². The maximum Gasteiger partial charge on any atom is 0.243 e. The summed E-state index contributed by atoms with van der Waals surface area (Å²) >= 11 is 0. The van der Waals surface area contributed by atoms with E-state index in [-0.39, 0.29) is 10.7 Å². The average Bonchev–Trinajstić information content (AvgIpc) is 2.68. The van der Waals surface area contributed by atoms with E-state index >= 15 is 0 Å². The molecule has 0 bridgehead atoms. The van der Waals surface area contributed by atoms with Crippen molar-refractivity contribution in [2.45, 2.75) is 25.7 Å². The lowest BCUT2D eigenvalue weighted by Crippen LogP contribution is -2.49. The zero-order chi connectivity index (χ0) is 20.3. The number of carbonyl (C=O) groups is 1. The van der Waals surface area contributed by atoms with E-state index in [1.807, 2.05) is 19.9 Å². The number of Topliss-reactive ketones (excluding diaryl/α,β-unsaturated/α-hetero) is 1. The van der Waals surface area contributed by atoms with Crippen LogP contribution in [0.4, 0.5) is 11.6 Å². The number of benzene rings is 1. The molecule has 0 aliphatic carbocycles. The van der Waals surface area contributed by atoms with Crippen molar-refractivity contribution >= 4 is 27.4 Å². The van der Waals surface area contributed by atoms with E-state index in [0.29, 0.717) is 37.6 Å². The molecule has 1 aliphatic heterocycles. The van der Waals surface area contributed by atoms with Crippen LogP contribution >= 0.6 is 0 Å². The van der Waals surface area contributed by atoms with E-state index in [1.165, 1.54) is 23.4 Å². The molecule has 1 aromatic carbocycles. The van der Waals surface area contributed by atoms with Crippen LogP contribution < -0.4 is 10.2 Å². The minimum Gasteiger partial charge on any atom is -0.370 e. The Kier molecular flexibility index (Phi) is 5.95. The molecular formula is C19H25N5O3S. The first-order chi connectivity index (χ1) is 13.3. The Labute approximate surface area is 165 Å². The van der Waals surface area contributed by atoms with Crippen LogP contribution in [0.25, 0.3) is 0 Å². The number of piperazine rings is 1. The van der Waals surface area contributed by atoms with Crippen LogP contribution in [-0.4, -0.2) is 61.2 Å². The van der Waals surface area contributed by atoms with Crippen molar-refractivity contribution < 1.29 is 13.2 Å². The minimum atomic E-state index is -3.64. The molecular weight excluding hydrogens is 378 g/mol. The van der Waals surface area contributed by atoms with E-state index in [4.69, 9.17) is 0 Å². The fourth-order valence-electron chi connectivity index (χ4n) is 3.17. The van der Waals surface area contributed by atoms with Gasteiger partial charge in [0.15, 0.2) is 5.78 Å². The van der Waals surface area contributed by atoms with Crippen LogP contribution in [0, 0.1) is 6.92 Å². The first-order valence-corrected chi connectivity index (χ1v) is 10.7. The number of anilines is 2. The lowest BCUT2D eigenvalue weighted by Gasteiger charge is -2.34. The number of rotatable bonds is 6. The molecule has 1 aromatic heterocycles. The summed E-state index contributed by atoms with van der Waals surface area (Å²) in [5, 5.41) is 3.19. The highest BCUT2D eigenvalue weighted by atomic mass is 32.2. The Morgan fingerprint density at radius 2 is 1.86 bits per heavy atom. The third-order valence-electron chi connectivity index (χ3n) is 4.62. The van der Waals surface area contributed by atoms with Gasteiger partial charge in [0.05, 0.1) is 4.90 Å². The maximum atomic E-state index is 13.0. The maximum absolute atomic E-state index is 13.0. The van der Waals surface area contributed by atoms with Gasteiger partial charge in [0.25, 0.3) is 0 Å². The number of hydrogen-bond acceptors (Lipinski definition) is 7. The van der Waals surface area contributed by atoms with Crippen molar-refractivity contribution in [1.29, 1.82) is 0 Å². The Morgan fingerprint density at radius 1 is 1.14 bits per heavy atom. The van der Waals surface area contributed by atoms with E-state index < -0.39 is 10.0 Å². The second-order valence-electron chi connectivity index (χ2n) is 6.66. The van der Waals surface area contributed by atoms with Crippen molar-refractivity contribution in [3.05, 3.63) is 41.7 Å². The number of aromatic nitrogens is 2. The Balaban J connectivity index is 1.75. The molecule has 28 heavy (non-hydrogen) atoms. The van der Waals surface area contributed by atoms with Gasteiger partial charge >= 0.3 is 0 Å². The van der Waals surface area contributed by atoms with Gasteiger partial charge in [0.2, 0.25) is 10.0 Å². The smallest absolute Gasteiger partial charge is 0.243 e. The number of sulfonamides is 1. The van der Waals surface area contributed by atoms with Crippen molar-refractivity contribution in [2.24, 2.45) is 0 Å². The number of ketones is 1. The first-order valence-electron chi connectivity index (χ1n) is 9.27. The molecule has 1 aliphatic rings. The Hall–Kier alpha value is -2.52. The molecule has 0 radical (unpaired) electrons. The third kappa shape index (κ3) is 4.31. The van der Waals surface area contributed by atoms with Gasteiger partial charge in [0.1, 0.15) is 17.5 Å². The number of carbonyl (C=O) groups excluding carboxylic acids is 1. The number of hydrogen-bond donors (Lipinski definition) is 1. The molecule has 2 heterocycles. The van der Waals surface area contributed by atoms with Crippen LogP contribution in [0.3, 0.4) is 0 Å². The van der Waals surface area contributed by atoms with Gasteiger partial charge in [-0.15, -0.1) is 0 Å². The van der Waals surface area contributed by atoms with Crippen LogP contribution in [0.2, 0.25) is 0 Å². The SMILES string of the molecule is CCNc1cc(N2CCN(S(=O)(=O)c3cccc(C(C)=O)c3)CC2)nc(C)n1. The minimum absolute atomic E-state index is 0.154. The number of aryl methyl sites for hydroxylation is 1. The van der Waals surface area contributed by atoms with E-state index in [9.17, 15) is 13.2 Å². The van der Waals surface area contributed by atoms with Gasteiger partial charge in [-0.3, -0.25) is 4.79 Å². The summed E-state index contributed by atoms with van der Waals surface area (Å²) in [5.41, 5.74) is 0.395. The molecule has 3 rings (SSSR count). The predicted molar refractivity (Wildman–Crippen MR) is 108 cm³/mol. The molecule has 2 aromatic rings. The quantitative estimate of drug-likeness (QED) is 0.736. The van der Waals surface area contributed by atoms with E-state index in [2.05, 4.69) is 20.2 Å². The highest BCUT2D eigenvalue weighted by Gasteiger charge is 2.29. The zero-order valence-corrected chi connectivity index (χ0v) is 17.2. The summed E-state index contributed by atoms with van der Waals surface area (Å²) < 4.78 is 27.4. The molecule has 0 spiro atoms. The fraction of sp³-hybridized carbons (Fsp3) is 0.421. The van der Waals surface area contributed by atoms with E-state index in [1.54, 1.807) is 12.1 Å². The Morgan fingerprint density at radius 3 is 2.50 bits per heavy atom. The molecule has 1 fully saturated rings. The molecule has 0 unspecified atom stereocenters. The van der Waals surface area contributed by atoms with Crippen LogP contribution in [-0.2, 0) is 10.0 Å². The van der Waals surface area contributed by atoms with Crippen molar-refractivity contribution in [3.63, 3.8) is 0 Å². The average molecular weight is 404 g/mol. The molecule has 0 atom stereocenters. The summed E-state index contributed by atoms with van der Waals surface area (Å²) in [6, 6.07) is 8.09. The molecule has 0 amide bonds. The zero-order valence-electron chi connectivity index (χ0n) is 16.3. The molecule has 1 saturated heterocycles. The third-order valence-corrected chi connectivity index (χ3v) is 6.52.